The van der Waals surface area contributed by atoms with Gasteiger partial charge >= 0.3 is 0 Å². The van der Waals surface area contributed by atoms with Gasteiger partial charge in [-0.1, -0.05) is 12.1 Å². The number of ether oxygens (including phenoxy) is 2. The van der Waals surface area contributed by atoms with Gasteiger partial charge in [-0.15, -0.1) is 0 Å². The molecule has 1 amide bonds. The van der Waals surface area contributed by atoms with Crippen molar-refractivity contribution in [3.63, 3.8) is 0 Å². The number of nitrogens with zero attached hydrogens (tertiary/aromatic N) is 1. The van der Waals surface area contributed by atoms with E-state index in [1.54, 1.807) is 0 Å². The Kier molecular flexibility index (Phi) is 5.85. The van der Waals surface area contributed by atoms with Gasteiger partial charge in [0.2, 0.25) is 5.91 Å². The predicted molar refractivity (Wildman–Crippen MR) is 89.9 cm³/mol. The molecule has 23 heavy (non-hydrogen) atoms. The summed E-state index contributed by atoms with van der Waals surface area (Å²) in [6.07, 6.45) is 2.45. The summed E-state index contributed by atoms with van der Waals surface area (Å²) >= 11 is 0. The van der Waals surface area contributed by atoms with Crippen molar-refractivity contribution in [2.24, 2.45) is 0 Å². The molecule has 0 spiro atoms. The van der Waals surface area contributed by atoms with Gasteiger partial charge in [0.15, 0.2) is 0 Å². The van der Waals surface area contributed by atoms with Gasteiger partial charge in [0.1, 0.15) is 0 Å². The number of hydrogen-bond donors (Lipinski definition) is 2. The zero-order valence-electron chi connectivity index (χ0n) is 13.4. The van der Waals surface area contributed by atoms with Crippen LogP contribution in [0.4, 0.5) is 11.4 Å². The number of benzene rings is 1. The molecule has 1 atom stereocenters. The lowest BCUT2D eigenvalue weighted by atomic mass is 10.2. The summed E-state index contributed by atoms with van der Waals surface area (Å²) in [6, 6.07) is 7.93. The highest BCUT2D eigenvalue weighted by atomic mass is 16.5. The molecular formula is C17H25N3O3. The lowest BCUT2D eigenvalue weighted by Crippen LogP contribution is -2.37. The van der Waals surface area contributed by atoms with Gasteiger partial charge in [-0.3, -0.25) is 4.79 Å². The zero-order valence-corrected chi connectivity index (χ0v) is 13.4. The highest BCUT2D eigenvalue weighted by molar-refractivity contribution is 5.95. The second kappa shape index (κ2) is 8.29. The molecule has 0 bridgehead atoms. The van der Waals surface area contributed by atoms with Crippen LogP contribution >= 0.6 is 0 Å². The summed E-state index contributed by atoms with van der Waals surface area (Å²) in [7, 11) is 0. The molecule has 0 aliphatic carbocycles. The molecule has 2 heterocycles. The van der Waals surface area contributed by atoms with E-state index in [0.29, 0.717) is 6.54 Å². The summed E-state index contributed by atoms with van der Waals surface area (Å²) in [4.78, 5) is 14.4. The molecule has 6 nitrogen and oxygen atoms in total. The van der Waals surface area contributed by atoms with E-state index in [1.165, 1.54) is 0 Å². The minimum absolute atomic E-state index is 0.0243. The van der Waals surface area contributed by atoms with E-state index in [-0.39, 0.29) is 12.0 Å². The number of hydrogen-bond acceptors (Lipinski definition) is 5. The van der Waals surface area contributed by atoms with E-state index in [2.05, 4.69) is 15.5 Å². The molecule has 0 radical (unpaired) electrons. The number of para-hydroxylation sites is 2. The number of amides is 1. The Labute approximate surface area is 137 Å². The SMILES string of the molecule is O=C(CNC[C@H]1CCCO1)Nc1ccccc1N1CCOCC1. The van der Waals surface area contributed by atoms with Crippen LogP contribution in [-0.2, 0) is 14.3 Å². The monoisotopic (exact) mass is 319 g/mol. The first-order chi connectivity index (χ1) is 11.3. The molecule has 2 aliphatic heterocycles. The Hall–Kier alpha value is -1.63. The van der Waals surface area contributed by atoms with Crippen LogP contribution in [0.15, 0.2) is 24.3 Å². The third-order valence-electron chi connectivity index (χ3n) is 4.21. The van der Waals surface area contributed by atoms with Crippen molar-refractivity contribution in [3.8, 4) is 0 Å². The molecule has 0 saturated carbocycles. The van der Waals surface area contributed by atoms with Crippen LogP contribution < -0.4 is 15.5 Å². The Balaban J connectivity index is 1.51. The van der Waals surface area contributed by atoms with Crippen LogP contribution in [0.2, 0.25) is 0 Å². The van der Waals surface area contributed by atoms with E-state index in [1.807, 2.05) is 24.3 Å². The number of morpholine rings is 1. The van der Waals surface area contributed by atoms with Crippen LogP contribution in [0.3, 0.4) is 0 Å². The molecule has 6 heteroatoms. The van der Waals surface area contributed by atoms with E-state index < -0.39 is 0 Å². The van der Waals surface area contributed by atoms with Crippen molar-refractivity contribution in [1.82, 2.24) is 5.32 Å². The van der Waals surface area contributed by atoms with Crippen molar-refractivity contribution >= 4 is 17.3 Å². The fourth-order valence-electron chi connectivity index (χ4n) is 3.01. The molecule has 2 aliphatic rings. The summed E-state index contributed by atoms with van der Waals surface area (Å²) in [5.74, 6) is -0.0243. The molecule has 3 rings (SSSR count). The molecule has 126 valence electrons. The lowest BCUT2D eigenvalue weighted by Gasteiger charge is -2.30. The van der Waals surface area contributed by atoms with Gasteiger partial charge in [-0.25, -0.2) is 0 Å². The molecule has 2 saturated heterocycles. The highest BCUT2D eigenvalue weighted by Gasteiger charge is 2.17. The van der Waals surface area contributed by atoms with Gasteiger partial charge in [0.05, 0.1) is 37.2 Å². The van der Waals surface area contributed by atoms with Crippen LogP contribution in [0.25, 0.3) is 0 Å². The number of carbonyl (C=O) groups excluding carboxylic acids is 1. The Morgan fingerprint density at radius 3 is 2.83 bits per heavy atom. The molecule has 1 aromatic rings. The average molecular weight is 319 g/mol. The molecule has 2 fully saturated rings. The summed E-state index contributed by atoms with van der Waals surface area (Å²) in [5.41, 5.74) is 1.92. The predicted octanol–water partition coefficient (Wildman–Crippen LogP) is 1.23. The van der Waals surface area contributed by atoms with Crippen LogP contribution in [0.5, 0.6) is 0 Å². The van der Waals surface area contributed by atoms with E-state index >= 15 is 0 Å². The van der Waals surface area contributed by atoms with Crippen LogP contribution in [0, 0.1) is 0 Å². The minimum atomic E-state index is -0.0243. The molecule has 1 aromatic carbocycles. The third kappa shape index (κ3) is 4.67. The smallest absolute Gasteiger partial charge is 0.238 e. The normalized spacial score (nSPS) is 21.4. The van der Waals surface area contributed by atoms with Crippen LogP contribution in [-0.4, -0.2) is 58.0 Å². The maximum absolute atomic E-state index is 12.2. The van der Waals surface area contributed by atoms with Crippen LogP contribution in [0.1, 0.15) is 12.8 Å². The Morgan fingerprint density at radius 2 is 2.04 bits per heavy atom. The first-order valence-corrected chi connectivity index (χ1v) is 8.37. The van der Waals surface area contributed by atoms with Gasteiger partial charge < -0.3 is 25.0 Å². The van der Waals surface area contributed by atoms with Gasteiger partial charge in [-0.05, 0) is 25.0 Å². The van der Waals surface area contributed by atoms with Crippen molar-refractivity contribution in [2.75, 3.05) is 56.2 Å². The number of anilines is 2. The van der Waals surface area contributed by atoms with E-state index in [9.17, 15) is 4.79 Å². The fraction of sp³-hybridized carbons (Fsp3) is 0.588. The minimum Gasteiger partial charge on any atom is -0.378 e. The van der Waals surface area contributed by atoms with E-state index in [4.69, 9.17) is 9.47 Å². The quantitative estimate of drug-likeness (QED) is 0.826. The summed E-state index contributed by atoms with van der Waals surface area (Å²) in [6.45, 7) is 5.03. The molecule has 0 unspecified atom stereocenters. The van der Waals surface area contributed by atoms with Gasteiger partial charge in [0.25, 0.3) is 0 Å². The molecule has 0 aromatic heterocycles. The second-order valence-corrected chi connectivity index (χ2v) is 5.93. The zero-order chi connectivity index (χ0) is 15.9. The largest absolute Gasteiger partial charge is 0.378 e. The molecule has 2 N–H and O–H groups in total. The highest BCUT2D eigenvalue weighted by Crippen LogP contribution is 2.26. The standard InChI is InChI=1S/C17H25N3O3/c21-17(13-18-12-14-4-3-9-23-14)19-15-5-1-2-6-16(15)20-7-10-22-11-8-20/h1-2,5-6,14,18H,3-4,7-13H2,(H,19,21)/t14-/m1/s1. The Morgan fingerprint density at radius 1 is 1.22 bits per heavy atom. The second-order valence-electron chi connectivity index (χ2n) is 5.93. The lowest BCUT2D eigenvalue weighted by molar-refractivity contribution is -0.115. The maximum atomic E-state index is 12.2. The third-order valence-corrected chi connectivity index (χ3v) is 4.21. The van der Waals surface area contributed by atoms with Crippen molar-refractivity contribution in [1.29, 1.82) is 0 Å². The first kappa shape index (κ1) is 16.2. The van der Waals surface area contributed by atoms with Crippen molar-refractivity contribution in [2.45, 2.75) is 18.9 Å². The topological polar surface area (TPSA) is 62.8 Å². The van der Waals surface area contributed by atoms with Crippen molar-refractivity contribution in [3.05, 3.63) is 24.3 Å². The molecular weight excluding hydrogens is 294 g/mol. The summed E-state index contributed by atoms with van der Waals surface area (Å²) in [5, 5.41) is 6.18. The van der Waals surface area contributed by atoms with Gasteiger partial charge in [-0.2, -0.15) is 0 Å². The fourth-order valence-corrected chi connectivity index (χ4v) is 3.01. The van der Waals surface area contributed by atoms with Gasteiger partial charge in [0, 0.05) is 26.2 Å². The number of rotatable bonds is 6. The maximum Gasteiger partial charge on any atom is 0.238 e. The Bertz CT molecular complexity index is 512. The van der Waals surface area contributed by atoms with Crippen molar-refractivity contribution < 1.29 is 14.3 Å². The number of nitrogens with one attached hydrogen (secondary N) is 2. The van der Waals surface area contributed by atoms with E-state index in [0.717, 1.165) is 63.7 Å². The average Bonchev–Trinajstić information content (AvgIpc) is 3.09. The first-order valence-electron chi connectivity index (χ1n) is 8.37. The summed E-state index contributed by atoms with van der Waals surface area (Å²) < 4.78 is 10.9. The number of carbonyl (C=O) groups is 1.